The molecule has 2 amide bonds. The van der Waals surface area contributed by atoms with Crippen molar-refractivity contribution in [3.8, 4) is 0 Å². The number of carbonyl (C=O) groups is 2. The van der Waals surface area contributed by atoms with Gasteiger partial charge in [0, 0.05) is 19.7 Å². The number of hydrogen-bond donors (Lipinski definition) is 0. The van der Waals surface area contributed by atoms with E-state index in [1.54, 1.807) is 0 Å². The molecule has 22 heavy (non-hydrogen) atoms. The van der Waals surface area contributed by atoms with Gasteiger partial charge in [0.15, 0.2) is 0 Å². The number of ether oxygens (including phenoxy) is 1. The highest BCUT2D eigenvalue weighted by molar-refractivity contribution is 6.05. The summed E-state index contributed by atoms with van der Waals surface area (Å²) in [6, 6.07) is 0. The van der Waals surface area contributed by atoms with Gasteiger partial charge in [-0.2, -0.15) is 0 Å². The van der Waals surface area contributed by atoms with Crippen LogP contribution in [0.1, 0.15) is 33.1 Å². The van der Waals surface area contributed by atoms with E-state index < -0.39 is 0 Å². The summed E-state index contributed by atoms with van der Waals surface area (Å²) in [5.74, 6) is 0.337. The van der Waals surface area contributed by atoms with E-state index >= 15 is 0 Å². The Bertz CT molecular complexity index is 449. The highest BCUT2D eigenvalue weighted by Gasteiger charge is 2.47. The molecule has 5 heteroatoms. The van der Waals surface area contributed by atoms with E-state index in [0.717, 1.165) is 26.1 Å². The summed E-state index contributed by atoms with van der Waals surface area (Å²) in [7, 11) is 0. The maximum absolute atomic E-state index is 12.4. The summed E-state index contributed by atoms with van der Waals surface area (Å²) < 4.78 is 5.87. The van der Waals surface area contributed by atoms with Gasteiger partial charge in [0.05, 0.1) is 24.6 Å². The van der Waals surface area contributed by atoms with Crippen LogP contribution in [0.15, 0.2) is 12.2 Å². The summed E-state index contributed by atoms with van der Waals surface area (Å²) in [4.78, 5) is 28.5. The molecule has 0 aromatic carbocycles. The number of imide groups is 1. The highest BCUT2D eigenvalue weighted by atomic mass is 16.5. The van der Waals surface area contributed by atoms with Crippen molar-refractivity contribution in [2.45, 2.75) is 39.2 Å². The van der Waals surface area contributed by atoms with Crippen LogP contribution >= 0.6 is 0 Å². The normalized spacial score (nSPS) is 32.3. The fraction of sp³-hybridized carbons (Fsp3) is 0.765. The molecule has 2 saturated heterocycles. The number of hydrogen-bond acceptors (Lipinski definition) is 4. The van der Waals surface area contributed by atoms with Crippen LogP contribution in [0.25, 0.3) is 0 Å². The van der Waals surface area contributed by atoms with E-state index in [-0.39, 0.29) is 29.8 Å². The maximum atomic E-state index is 12.4. The summed E-state index contributed by atoms with van der Waals surface area (Å²) in [5.41, 5.74) is 0. The number of fused-ring (bicyclic) bond motifs is 1. The lowest BCUT2D eigenvalue weighted by atomic mass is 9.85. The smallest absolute Gasteiger partial charge is 0.234 e. The first-order chi connectivity index (χ1) is 10.6. The zero-order valence-electron chi connectivity index (χ0n) is 13.5. The third kappa shape index (κ3) is 3.10. The van der Waals surface area contributed by atoms with Crippen LogP contribution in [-0.4, -0.2) is 54.1 Å². The molecule has 0 unspecified atom stereocenters. The second-order valence-corrected chi connectivity index (χ2v) is 7.12. The second-order valence-electron chi connectivity index (χ2n) is 7.12. The summed E-state index contributed by atoms with van der Waals surface area (Å²) in [6.45, 7) is 7.21. The molecule has 0 bridgehead atoms. The highest BCUT2D eigenvalue weighted by Crippen LogP contribution is 2.35. The molecule has 3 aliphatic rings. The first-order valence-corrected chi connectivity index (χ1v) is 8.40. The number of likely N-dealkylation sites (tertiary alicyclic amines) is 2. The van der Waals surface area contributed by atoms with Gasteiger partial charge < -0.3 is 4.74 Å². The average molecular weight is 306 g/mol. The quantitative estimate of drug-likeness (QED) is 0.572. The lowest BCUT2D eigenvalue weighted by Gasteiger charge is -2.23. The van der Waals surface area contributed by atoms with Gasteiger partial charge in [-0.1, -0.05) is 26.0 Å². The molecule has 3 rings (SSSR count). The molecule has 0 saturated carbocycles. The standard InChI is InChI=1S/C17H26N2O3/c1-12(2)10-22-13-7-8-18(9-13)11-19-16(20)14-5-3-4-6-15(14)17(19)21/h3-4,12-15H,5-11H2,1-2H3/t13-,14+,15+/m1/s1. The molecule has 0 aromatic rings. The van der Waals surface area contributed by atoms with Crippen molar-refractivity contribution >= 4 is 11.8 Å². The van der Waals surface area contributed by atoms with Crippen molar-refractivity contribution in [3.05, 3.63) is 12.2 Å². The molecule has 0 spiro atoms. The second kappa shape index (κ2) is 6.50. The van der Waals surface area contributed by atoms with Crippen molar-refractivity contribution in [2.24, 2.45) is 17.8 Å². The van der Waals surface area contributed by atoms with Crippen LogP contribution in [-0.2, 0) is 14.3 Å². The number of amides is 2. The monoisotopic (exact) mass is 306 g/mol. The molecule has 1 aliphatic carbocycles. The Balaban J connectivity index is 1.54. The van der Waals surface area contributed by atoms with Crippen LogP contribution in [0.3, 0.4) is 0 Å². The lowest BCUT2D eigenvalue weighted by molar-refractivity contribution is -0.142. The van der Waals surface area contributed by atoms with E-state index in [1.807, 2.05) is 12.2 Å². The number of carbonyl (C=O) groups excluding carboxylic acids is 2. The first-order valence-electron chi connectivity index (χ1n) is 8.40. The molecular weight excluding hydrogens is 280 g/mol. The number of allylic oxidation sites excluding steroid dienone is 2. The summed E-state index contributed by atoms with van der Waals surface area (Å²) >= 11 is 0. The molecular formula is C17H26N2O3. The average Bonchev–Trinajstić information content (AvgIpc) is 3.05. The van der Waals surface area contributed by atoms with Crippen LogP contribution in [0, 0.1) is 17.8 Å². The Morgan fingerprint density at radius 2 is 1.82 bits per heavy atom. The predicted molar refractivity (Wildman–Crippen MR) is 82.8 cm³/mol. The van der Waals surface area contributed by atoms with Crippen LogP contribution in [0.5, 0.6) is 0 Å². The Labute approximate surface area is 132 Å². The SMILES string of the molecule is CC(C)CO[C@@H]1CCN(CN2C(=O)[C@H]3CC=CC[C@@H]3C2=O)C1. The Morgan fingerprint density at radius 3 is 2.41 bits per heavy atom. The minimum absolute atomic E-state index is 0.0194. The van der Waals surface area contributed by atoms with Crippen molar-refractivity contribution in [3.63, 3.8) is 0 Å². The van der Waals surface area contributed by atoms with E-state index in [2.05, 4.69) is 18.7 Å². The molecule has 0 aromatic heterocycles. The van der Waals surface area contributed by atoms with Gasteiger partial charge in [-0.05, 0) is 25.2 Å². The van der Waals surface area contributed by atoms with E-state index in [1.165, 1.54) is 4.90 Å². The van der Waals surface area contributed by atoms with Gasteiger partial charge in [0.2, 0.25) is 11.8 Å². The zero-order chi connectivity index (χ0) is 15.7. The number of rotatable bonds is 5. The van der Waals surface area contributed by atoms with Gasteiger partial charge in [-0.15, -0.1) is 0 Å². The van der Waals surface area contributed by atoms with Gasteiger partial charge in [-0.3, -0.25) is 19.4 Å². The van der Waals surface area contributed by atoms with Crippen LogP contribution < -0.4 is 0 Å². The predicted octanol–water partition coefficient (Wildman–Crippen LogP) is 1.64. The fourth-order valence-electron chi connectivity index (χ4n) is 3.60. The molecule has 2 fully saturated rings. The third-order valence-electron chi connectivity index (χ3n) is 4.83. The Kier molecular flexibility index (Phi) is 4.64. The maximum Gasteiger partial charge on any atom is 0.234 e. The molecule has 3 atom stereocenters. The summed E-state index contributed by atoms with van der Waals surface area (Å²) in [6.07, 6.45) is 6.71. The van der Waals surface area contributed by atoms with Crippen molar-refractivity contribution in [1.29, 1.82) is 0 Å². The fourth-order valence-corrected chi connectivity index (χ4v) is 3.60. The zero-order valence-corrected chi connectivity index (χ0v) is 13.5. The molecule has 0 radical (unpaired) electrons. The third-order valence-corrected chi connectivity index (χ3v) is 4.83. The van der Waals surface area contributed by atoms with Gasteiger partial charge in [-0.25, -0.2) is 0 Å². The molecule has 122 valence electrons. The van der Waals surface area contributed by atoms with Crippen LogP contribution in [0.2, 0.25) is 0 Å². The lowest BCUT2D eigenvalue weighted by Crippen LogP contribution is -2.41. The van der Waals surface area contributed by atoms with E-state index in [4.69, 9.17) is 4.74 Å². The topological polar surface area (TPSA) is 49.9 Å². The number of nitrogens with zero attached hydrogens (tertiary/aromatic N) is 2. The minimum atomic E-state index is -0.118. The molecule has 2 heterocycles. The van der Waals surface area contributed by atoms with Crippen molar-refractivity contribution in [2.75, 3.05) is 26.4 Å². The van der Waals surface area contributed by atoms with Crippen molar-refractivity contribution in [1.82, 2.24) is 9.80 Å². The minimum Gasteiger partial charge on any atom is -0.377 e. The van der Waals surface area contributed by atoms with Gasteiger partial charge in [0.25, 0.3) is 0 Å². The molecule has 2 aliphatic heterocycles. The molecule has 0 N–H and O–H groups in total. The Hall–Kier alpha value is -1.20. The van der Waals surface area contributed by atoms with Gasteiger partial charge in [0.1, 0.15) is 0 Å². The van der Waals surface area contributed by atoms with Crippen molar-refractivity contribution < 1.29 is 14.3 Å². The summed E-state index contributed by atoms with van der Waals surface area (Å²) in [5, 5.41) is 0. The van der Waals surface area contributed by atoms with Gasteiger partial charge >= 0.3 is 0 Å². The Morgan fingerprint density at radius 1 is 1.18 bits per heavy atom. The van der Waals surface area contributed by atoms with Crippen LogP contribution in [0.4, 0.5) is 0 Å². The van der Waals surface area contributed by atoms with E-state index in [9.17, 15) is 9.59 Å². The molecule has 5 nitrogen and oxygen atoms in total. The van der Waals surface area contributed by atoms with E-state index in [0.29, 0.717) is 25.4 Å². The largest absolute Gasteiger partial charge is 0.377 e. The first kappa shape index (κ1) is 15.7.